The van der Waals surface area contributed by atoms with Crippen molar-refractivity contribution in [2.45, 2.75) is 77.2 Å². The molecule has 2 heterocycles. The van der Waals surface area contributed by atoms with Gasteiger partial charge in [-0.2, -0.15) is 8.78 Å². The zero-order valence-electron chi connectivity index (χ0n) is 26.0. The van der Waals surface area contributed by atoms with Gasteiger partial charge in [-0.1, -0.05) is 0 Å². The minimum atomic E-state index is -3.06. The lowest BCUT2D eigenvalue weighted by Crippen LogP contribution is -2.52. The quantitative estimate of drug-likeness (QED) is 0.316. The van der Waals surface area contributed by atoms with Crippen molar-refractivity contribution in [2.75, 3.05) is 33.4 Å². The fourth-order valence-corrected chi connectivity index (χ4v) is 4.64. The van der Waals surface area contributed by atoms with Crippen LogP contribution in [0.3, 0.4) is 0 Å². The fraction of sp³-hybridized carbons (Fsp3) is 0.600. The number of nitrogens with zero attached hydrogens (tertiary/aromatic N) is 2. The molecule has 1 aromatic heterocycles. The first-order valence-corrected chi connectivity index (χ1v) is 14.7. The van der Waals surface area contributed by atoms with E-state index in [9.17, 15) is 28.3 Å². The van der Waals surface area contributed by atoms with Crippen LogP contribution in [0.5, 0.6) is 11.5 Å². The number of rotatable bonds is 11. The van der Waals surface area contributed by atoms with Crippen molar-refractivity contribution in [3.8, 4) is 23.0 Å². The zero-order chi connectivity index (χ0) is 32.9. The van der Waals surface area contributed by atoms with Crippen molar-refractivity contribution < 1.29 is 51.6 Å². The number of carbonyl (C=O) groups is 3. The molecule has 45 heavy (non-hydrogen) atoms. The molecule has 3 amide bonds. The smallest absolute Gasteiger partial charge is 0.409 e. The Morgan fingerprint density at radius 3 is 2.47 bits per heavy atom. The van der Waals surface area contributed by atoms with E-state index in [0.29, 0.717) is 18.1 Å². The first-order valence-electron chi connectivity index (χ1n) is 14.7. The van der Waals surface area contributed by atoms with Crippen LogP contribution in [0.1, 0.15) is 75.7 Å². The molecule has 0 spiro atoms. The second-order valence-electron chi connectivity index (χ2n) is 12.3. The number of hydrogen-bond acceptors (Lipinski definition) is 10. The molecule has 2 aliphatic rings. The lowest BCUT2D eigenvalue weighted by atomic mass is 9.91. The average molecular weight is 639 g/mol. The maximum atomic E-state index is 13.5. The lowest BCUT2D eigenvalue weighted by Gasteiger charge is -2.37. The van der Waals surface area contributed by atoms with Crippen molar-refractivity contribution in [3.63, 3.8) is 0 Å². The third-order valence-corrected chi connectivity index (χ3v) is 7.28. The number of methoxy groups -OCH3 is 1. The minimum absolute atomic E-state index is 0.00536. The predicted molar refractivity (Wildman–Crippen MR) is 155 cm³/mol. The summed E-state index contributed by atoms with van der Waals surface area (Å²) in [7, 11) is 1.28. The van der Waals surface area contributed by atoms with Crippen LogP contribution in [0.4, 0.5) is 18.4 Å². The third-order valence-electron chi connectivity index (χ3n) is 7.28. The standard InChI is InChI=1S/C30H40F2N4O9/c1-17(34-27(38)45-29(2,3)4)23-22(24(37)33-16-30(40)10-12-36(13-11-30)28(39)41-5)35-25(44-23)19-8-9-20(43-26(31)32)21(14-19)42-15-18-6-7-18/h8-9,14,17-18,26,40H,6-7,10-13,15-16H2,1-5H3,(H,33,37)(H,34,38). The summed E-state index contributed by atoms with van der Waals surface area (Å²) >= 11 is 0. The molecule has 2 aromatic rings. The second kappa shape index (κ2) is 13.9. The molecule has 1 aliphatic carbocycles. The lowest BCUT2D eigenvalue weighted by molar-refractivity contribution is -0.0515. The van der Waals surface area contributed by atoms with Gasteiger partial charge in [-0.3, -0.25) is 4.79 Å². The van der Waals surface area contributed by atoms with Gasteiger partial charge >= 0.3 is 18.8 Å². The Labute approximate surface area is 259 Å². The maximum Gasteiger partial charge on any atom is 0.409 e. The maximum absolute atomic E-state index is 13.5. The van der Waals surface area contributed by atoms with E-state index in [1.807, 2.05) is 0 Å². The number of likely N-dealkylation sites (tertiary alicyclic amines) is 1. The van der Waals surface area contributed by atoms with Crippen molar-refractivity contribution in [1.82, 2.24) is 20.5 Å². The van der Waals surface area contributed by atoms with Crippen LogP contribution in [0.25, 0.3) is 11.5 Å². The Hall–Kier alpha value is -4.14. The number of aliphatic hydroxyl groups is 1. The Bertz CT molecular complexity index is 1370. The highest BCUT2D eigenvalue weighted by Crippen LogP contribution is 2.37. The normalized spacial score (nSPS) is 17.0. The van der Waals surface area contributed by atoms with Crippen LogP contribution in [0.15, 0.2) is 22.6 Å². The van der Waals surface area contributed by atoms with E-state index in [2.05, 4.69) is 20.4 Å². The number of aromatic nitrogens is 1. The number of halogens is 2. The first kappa shape index (κ1) is 33.7. The molecule has 0 bridgehead atoms. The topological polar surface area (TPSA) is 162 Å². The molecule has 3 N–H and O–H groups in total. The molecule has 2 fully saturated rings. The number of alkyl halides is 2. The summed E-state index contributed by atoms with van der Waals surface area (Å²) < 4.78 is 52.5. The number of ether oxygens (including phenoxy) is 4. The molecule has 1 unspecified atom stereocenters. The molecule has 15 heteroatoms. The number of carbonyl (C=O) groups excluding carboxylic acids is 3. The van der Waals surface area contributed by atoms with E-state index in [0.717, 1.165) is 12.8 Å². The highest BCUT2D eigenvalue weighted by molar-refractivity contribution is 5.94. The predicted octanol–water partition coefficient (Wildman–Crippen LogP) is 4.64. The SMILES string of the molecule is COC(=O)N1CCC(O)(CNC(=O)c2nc(-c3ccc(OC(F)F)c(OCC4CC4)c3)oc2C(C)NC(=O)OC(C)(C)C)CC1. The highest BCUT2D eigenvalue weighted by Gasteiger charge is 2.36. The molecular weight excluding hydrogens is 598 g/mol. The van der Waals surface area contributed by atoms with Gasteiger partial charge in [-0.05, 0) is 77.5 Å². The van der Waals surface area contributed by atoms with Gasteiger partial charge in [-0.15, -0.1) is 0 Å². The van der Waals surface area contributed by atoms with Gasteiger partial charge in [0, 0.05) is 25.2 Å². The molecule has 1 aliphatic heterocycles. The van der Waals surface area contributed by atoms with E-state index in [-0.39, 0.29) is 61.3 Å². The van der Waals surface area contributed by atoms with Gasteiger partial charge in [0.15, 0.2) is 23.0 Å². The highest BCUT2D eigenvalue weighted by atomic mass is 19.3. The zero-order valence-corrected chi connectivity index (χ0v) is 26.0. The fourth-order valence-electron chi connectivity index (χ4n) is 4.64. The number of amides is 3. The number of nitrogens with one attached hydrogen (secondary N) is 2. The van der Waals surface area contributed by atoms with Gasteiger partial charge in [0.1, 0.15) is 5.60 Å². The summed E-state index contributed by atoms with van der Waals surface area (Å²) in [5.41, 5.74) is -1.94. The molecule has 1 aromatic carbocycles. The summed E-state index contributed by atoms with van der Waals surface area (Å²) in [6.07, 6.45) is 1.11. The van der Waals surface area contributed by atoms with E-state index in [1.165, 1.54) is 30.2 Å². The largest absolute Gasteiger partial charge is 0.489 e. The molecular formula is C30H40F2N4O9. The third kappa shape index (κ3) is 9.42. The molecule has 1 atom stereocenters. The number of piperidine rings is 1. The van der Waals surface area contributed by atoms with Crippen LogP contribution in [-0.2, 0) is 9.47 Å². The van der Waals surface area contributed by atoms with Crippen molar-refractivity contribution in [3.05, 3.63) is 29.7 Å². The van der Waals surface area contributed by atoms with E-state index in [4.69, 9.17) is 18.6 Å². The van der Waals surface area contributed by atoms with E-state index >= 15 is 0 Å². The summed E-state index contributed by atoms with van der Waals surface area (Å²) in [4.78, 5) is 43.6. The van der Waals surface area contributed by atoms with Crippen molar-refractivity contribution in [2.24, 2.45) is 5.92 Å². The minimum Gasteiger partial charge on any atom is -0.489 e. The van der Waals surface area contributed by atoms with Crippen LogP contribution < -0.4 is 20.1 Å². The monoisotopic (exact) mass is 638 g/mol. The van der Waals surface area contributed by atoms with Gasteiger partial charge in [-0.25, -0.2) is 14.6 Å². The van der Waals surface area contributed by atoms with Gasteiger partial charge in [0.2, 0.25) is 5.89 Å². The number of alkyl carbamates (subject to hydrolysis) is 1. The number of hydrogen-bond donors (Lipinski definition) is 3. The summed E-state index contributed by atoms with van der Waals surface area (Å²) in [6.45, 7) is 4.28. The number of oxazole rings is 1. The molecule has 13 nitrogen and oxygen atoms in total. The molecule has 0 radical (unpaired) electrons. The Morgan fingerprint density at radius 1 is 1.18 bits per heavy atom. The van der Waals surface area contributed by atoms with Crippen molar-refractivity contribution >= 4 is 18.1 Å². The number of benzene rings is 1. The molecule has 248 valence electrons. The van der Waals surface area contributed by atoms with Crippen LogP contribution in [-0.4, -0.2) is 84.2 Å². The Kier molecular flexibility index (Phi) is 10.4. The Balaban J connectivity index is 1.58. The van der Waals surface area contributed by atoms with Crippen LogP contribution in [0, 0.1) is 5.92 Å². The summed E-state index contributed by atoms with van der Waals surface area (Å²) in [5.74, 6) is -0.507. The van der Waals surface area contributed by atoms with Crippen LogP contribution in [0.2, 0.25) is 0 Å². The summed E-state index contributed by atoms with van der Waals surface area (Å²) in [6, 6.07) is 3.27. The van der Waals surface area contributed by atoms with Gasteiger partial charge in [0.25, 0.3) is 5.91 Å². The molecule has 1 saturated carbocycles. The second-order valence-corrected chi connectivity index (χ2v) is 12.3. The summed E-state index contributed by atoms with van der Waals surface area (Å²) in [5, 5.41) is 16.4. The molecule has 4 rings (SSSR count). The molecule has 1 saturated heterocycles. The van der Waals surface area contributed by atoms with Gasteiger partial charge in [0.05, 0.1) is 25.4 Å². The van der Waals surface area contributed by atoms with E-state index < -0.39 is 41.9 Å². The first-order chi connectivity index (χ1) is 21.2. The average Bonchev–Trinajstić information content (AvgIpc) is 3.69. The van der Waals surface area contributed by atoms with Crippen molar-refractivity contribution in [1.29, 1.82) is 0 Å². The van der Waals surface area contributed by atoms with E-state index in [1.54, 1.807) is 27.7 Å². The van der Waals surface area contributed by atoms with Crippen LogP contribution >= 0.6 is 0 Å². The Morgan fingerprint density at radius 2 is 1.87 bits per heavy atom. The van der Waals surface area contributed by atoms with Gasteiger partial charge < -0.3 is 44.0 Å².